The Morgan fingerprint density at radius 2 is 1.90 bits per heavy atom. The Bertz CT molecular complexity index is 985. The molecule has 0 aliphatic heterocycles. The van der Waals surface area contributed by atoms with Gasteiger partial charge in [0, 0.05) is 29.7 Å². The lowest BCUT2D eigenvalue weighted by atomic mass is 10.2. The second-order valence-corrected chi connectivity index (χ2v) is 9.29. The molecule has 0 unspecified atom stereocenters. The Kier molecular flexibility index (Phi) is 8.00. The van der Waals surface area contributed by atoms with Crippen molar-refractivity contribution in [1.29, 1.82) is 0 Å². The van der Waals surface area contributed by atoms with E-state index in [1.165, 1.54) is 34.1 Å². The SMILES string of the molecule is CN(Cc1ccccc1F)C(=O)CSc1nnc(Nc2ccc(SC(F)F)cc2)s1. The van der Waals surface area contributed by atoms with Gasteiger partial charge in [0.1, 0.15) is 5.82 Å². The number of benzene rings is 2. The zero-order chi connectivity index (χ0) is 21.5. The number of aromatic nitrogens is 2. The lowest BCUT2D eigenvalue weighted by Crippen LogP contribution is -2.28. The predicted octanol–water partition coefficient (Wildman–Crippen LogP) is 5.49. The van der Waals surface area contributed by atoms with E-state index in [1.807, 2.05) is 0 Å². The molecule has 0 fully saturated rings. The molecule has 0 atom stereocenters. The summed E-state index contributed by atoms with van der Waals surface area (Å²) in [6, 6.07) is 12.9. The van der Waals surface area contributed by atoms with Crippen LogP contribution >= 0.6 is 34.9 Å². The Labute approximate surface area is 184 Å². The molecule has 30 heavy (non-hydrogen) atoms. The highest BCUT2D eigenvalue weighted by atomic mass is 32.2. The number of hydrogen-bond donors (Lipinski definition) is 1. The van der Waals surface area contributed by atoms with Gasteiger partial charge in [-0.2, -0.15) is 8.78 Å². The number of nitrogens with one attached hydrogen (secondary N) is 1. The molecule has 2 aromatic carbocycles. The molecule has 0 saturated heterocycles. The lowest BCUT2D eigenvalue weighted by molar-refractivity contribution is -0.127. The van der Waals surface area contributed by atoms with Gasteiger partial charge in [-0.25, -0.2) is 4.39 Å². The third-order valence-corrected chi connectivity index (χ3v) is 6.53. The first-order valence-electron chi connectivity index (χ1n) is 8.66. The number of amides is 1. The molecule has 11 heteroatoms. The monoisotopic (exact) mass is 470 g/mol. The van der Waals surface area contributed by atoms with Crippen LogP contribution in [0, 0.1) is 5.82 Å². The summed E-state index contributed by atoms with van der Waals surface area (Å²) in [5.41, 5.74) is 1.15. The minimum Gasteiger partial charge on any atom is -0.341 e. The molecule has 3 rings (SSSR count). The molecular formula is C19H17F3N4OS3. The van der Waals surface area contributed by atoms with Crippen molar-refractivity contribution in [3.05, 3.63) is 59.9 Å². The lowest BCUT2D eigenvalue weighted by Gasteiger charge is -2.17. The number of rotatable bonds is 9. The molecular weight excluding hydrogens is 453 g/mol. The second-order valence-electron chi connectivity index (χ2n) is 6.03. The van der Waals surface area contributed by atoms with Crippen LogP contribution in [0.15, 0.2) is 57.8 Å². The van der Waals surface area contributed by atoms with Gasteiger partial charge in [-0.15, -0.1) is 10.2 Å². The average Bonchev–Trinajstić information content (AvgIpc) is 3.16. The van der Waals surface area contributed by atoms with E-state index in [0.29, 0.717) is 37.4 Å². The van der Waals surface area contributed by atoms with Crippen LogP contribution in [0.5, 0.6) is 0 Å². The third-order valence-electron chi connectivity index (χ3n) is 3.85. The molecule has 0 radical (unpaired) electrons. The number of nitrogens with zero attached hydrogens (tertiary/aromatic N) is 3. The Balaban J connectivity index is 1.49. The van der Waals surface area contributed by atoms with Crippen LogP contribution in [-0.2, 0) is 11.3 Å². The summed E-state index contributed by atoms with van der Waals surface area (Å²) in [7, 11) is 1.62. The number of thioether (sulfide) groups is 2. The van der Waals surface area contributed by atoms with Crippen LogP contribution in [0.3, 0.4) is 0 Å². The fourth-order valence-corrected chi connectivity index (χ4v) is 4.58. The van der Waals surface area contributed by atoms with Crippen LogP contribution in [0.2, 0.25) is 0 Å². The van der Waals surface area contributed by atoms with E-state index in [2.05, 4.69) is 15.5 Å². The molecule has 0 aliphatic rings. The fraction of sp³-hybridized carbons (Fsp3) is 0.211. The van der Waals surface area contributed by atoms with Crippen molar-refractivity contribution in [1.82, 2.24) is 15.1 Å². The van der Waals surface area contributed by atoms with Gasteiger partial charge in [-0.1, -0.05) is 53.1 Å². The first-order valence-corrected chi connectivity index (χ1v) is 11.3. The average molecular weight is 471 g/mol. The van der Waals surface area contributed by atoms with E-state index in [9.17, 15) is 18.0 Å². The molecule has 0 bridgehead atoms. The molecule has 158 valence electrons. The maximum absolute atomic E-state index is 13.7. The summed E-state index contributed by atoms with van der Waals surface area (Å²) in [5, 5.41) is 11.6. The molecule has 1 N–H and O–H groups in total. The largest absolute Gasteiger partial charge is 0.341 e. The van der Waals surface area contributed by atoms with E-state index in [1.54, 1.807) is 49.5 Å². The van der Waals surface area contributed by atoms with Gasteiger partial charge >= 0.3 is 0 Å². The van der Waals surface area contributed by atoms with Crippen molar-refractivity contribution in [2.75, 3.05) is 18.1 Å². The van der Waals surface area contributed by atoms with Gasteiger partial charge in [-0.3, -0.25) is 4.79 Å². The van der Waals surface area contributed by atoms with Crippen molar-refractivity contribution >= 4 is 51.6 Å². The highest BCUT2D eigenvalue weighted by molar-refractivity contribution is 8.01. The first kappa shape index (κ1) is 22.4. The van der Waals surface area contributed by atoms with Gasteiger partial charge in [0.2, 0.25) is 11.0 Å². The van der Waals surface area contributed by atoms with E-state index in [-0.39, 0.29) is 24.0 Å². The highest BCUT2D eigenvalue weighted by Gasteiger charge is 2.14. The van der Waals surface area contributed by atoms with Crippen LogP contribution in [0.1, 0.15) is 5.56 Å². The van der Waals surface area contributed by atoms with Crippen molar-refractivity contribution < 1.29 is 18.0 Å². The predicted molar refractivity (Wildman–Crippen MR) is 115 cm³/mol. The van der Waals surface area contributed by atoms with Gasteiger partial charge < -0.3 is 10.2 Å². The van der Waals surface area contributed by atoms with Crippen LogP contribution in [0.25, 0.3) is 0 Å². The molecule has 0 aliphatic carbocycles. The van der Waals surface area contributed by atoms with Crippen LogP contribution in [-0.4, -0.2) is 39.6 Å². The maximum atomic E-state index is 13.7. The summed E-state index contributed by atoms with van der Waals surface area (Å²) in [6.45, 7) is 0.189. The molecule has 0 saturated carbocycles. The van der Waals surface area contributed by atoms with Gasteiger partial charge in [0.15, 0.2) is 4.34 Å². The van der Waals surface area contributed by atoms with Crippen LogP contribution in [0.4, 0.5) is 24.0 Å². The van der Waals surface area contributed by atoms with Crippen molar-refractivity contribution in [3.8, 4) is 0 Å². The molecule has 1 aromatic heterocycles. The number of carbonyl (C=O) groups excluding carboxylic acids is 1. The van der Waals surface area contributed by atoms with E-state index < -0.39 is 5.76 Å². The number of carbonyl (C=O) groups is 1. The summed E-state index contributed by atoms with van der Waals surface area (Å²) in [5.74, 6) is -2.80. The normalized spacial score (nSPS) is 11.0. The summed E-state index contributed by atoms with van der Waals surface area (Å²) in [6.07, 6.45) is 0. The highest BCUT2D eigenvalue weighted by Crippen LogP contribution is 2.30. The quantitative estimate of drug-likeness (QED) is 0.418. The Morgan fingerprint density at radius 3 is 2.60 bits per heavy atom. The first-order chi connectivity index (χ1) is 14.4. The van der Waals surface area contributed by atoms with E-state index >= 15 is 0 Å². The summed E-state index contributed by atoms with van der Waals surface area (Å²) in [4.78, 5) is 14.2. The second kappa shape index (κ2) is 10.7. The van der Waals surface area contributed by atoms with Crippen molar-refractivity contribution in [2.45, 2.75) is 21.5 Å². The molecule has 1 heterocycles. The van der Waals surface area contributed by atoms with Gasteiger partial charge in [0.25, 0.3) is 5.76 Å². The smallest absolute Gasteiger partial charge is 0.288 e. The van der Waals surface area contributed by atoms with E-state index in [0.717, 1.165) is 0 Å². The zero-order valence-corrected chi connectivity index (χ0v) is 18.2. The minimum absolute atomic E-state index is 0.152. The Hall–Kier alpha value is -2.24. The third kappa shape index (κ3) is 6.64. The topological polar surface area (TPSA) is 58.1 Å². The number of anilines is 2. The molecule has 1 amide bonds. The molecule has 5 nitrogen and oxygen atoms in total. The standard InChI is InChI=1S/C19H17F3N4OS3/c1-26(10-12-4-2-3-5-15(12)20)16(27)11-28-19-25-24-18(30-19)23-13-6-8-14(9-7-13)29-17(21)22/h2-9,17H,10-11H2,1H3,(H,23,24). The summed E-state index contributed by atoms with van der Waals surface area (Å²) < 4.78 is 39.1. The molecule has 3 aromatic rings. The minimum atomic E-state index is -2.46. The fourth-order valence-electron chi connectivity index (χ4n) is 2.37. The van der Waals surface area contributed by atoms with Crippen molar-refractivity contribution in [3.63, 3.8) is 0 Å². The maximum Gasteiger partial charge on any atom is 0.288 e. The Morgan fingerprint density at radius 1 is 1.17 bits per heavy atom. The molecule has 0 spiro atoms. The van der Waals surface area contributed by atoms with Gasteiger partial charge in [0.05, 0.1) is 5.75 Å². The summed E-state index contributed by atoms with van der Waals surface area (Å²) >= 11 is 3.01. The van der Waals surface area contributed by atoms with E-state index in [4.69, 9.17) is 0 Å². The number of hydrogen-bond acceptors (Lipinski definition) is 7. The number of halogens is 3. The van der Waals surface area contributed by atoms with Gasteiger partial charge in [-0.05, 0) is 30.3 Å². The number of alkyl halides is 2. The van der Waals surface area contributed by atoms with Crippen molar-refractivity contribution in [2.24, 2.45) is 0 Å². The zero-order valence-electron chi connectivity index (χ0n) is 15.7. The van der Waals surface area contributed by atoms with Crippen LogP contribution < -0.4 is 5.32 Å².